The first kappa shape index (κ1) is 33.9. The van der Waals surface area contributed by atoms with Crippen molar-refractivity contribution in [2.75, 3.05) is 0 Å². The van der Waals surface area contributed by atoms with Crippen molar-refractivity contribution in [2.45, 2.75) is 64.2 Å². The molecule has 0 N–H and O–H groups in total. The van der Waals surface area contributed by atoms with Crippen LogP contribution in [0.1, 0.15) is 86.1 Å². The van der Waals surface area contributed by atoms with Crippen molar-refractivity contribution in [1.82, 2.24) is 0 Å². The van der Waals surface area contributed by atoms with Gasteiger partial charge in [-0.15, -0.1) is 0 Å². The monoisotopic (exact) mass is 742 g/mol. The van der Waals surface area contributed by atoms with Crippen molar-refractivity contribution < 1.29 is 0 Å². The quantitative estimate of drug-likeness (QED) is 0.169. The maximum atomic E-state index is 2.51. The summed E-state index contributed by atoms with van der Waals surface area (Å²) in [6.45, 7) is 14.3. The van der Waals surface area contributed by atoms with Crippen LogP contribution in [0.15, 0.2) is 158 Å². The molecular formula is C58H46. The van der Waals surface area contributed by atoms with E-state index < -0.39 is 0 Å². The molecule has 8 aromatic carbocycles. The SMILES string of the molecule is CC1(C)c2ccccc2-c2ccc(-c3ccc4c(c3)Cc3c(-c5ccc6c(c5)C(C)(C)c5ccccc5-6)cc(-c5ccc6c(c5)C(C)(C)c5ccccc5-6)cc3-4)cc21. The van der Waals surface area contributed by atoms with Crippen molar-refractivity contribution in [3.63, 3.8) is 0 Å². The van der Waals surface area contributed by atoms with Gasteiger partial charge in [-0.2, -0.15) is 0 Å². The predicted molar refractivity (Wildman–Crippen MR) is 244 cm³/mol. The van der Waals surface area contributed by atoms with Gasteiger partial charge in [-0.3, -0.25) is 0 Å². The smallest absolute Gasteiger partial charge is 0.0159 e. The van der Waals surface area contributed by atoms with Crippen molar-refractivity contribution >= 4 is 0 Å². The average Bonchev–Trinajstić information content (AvgIpc) is 3.88. The van der Waals surface area contributed by atoms with Crippen LogP contribution in [0, 0.1) is 0 Å². The summed E-state index contributed by atoms with van der Waals surface area (Å²) in [6.07, 6.45) is 0.920. The summed E-state index contributed by atoms with van der Waals surface area (Å²) in [6, 6.07) is 60.8. The molecule has 0 aromatic heterocycles. The van der Waals surface area contributed by atoms with Gasteiger partial charge in [0.2, 0.25) is 0 Å². The van der Waals surface area contributed by atoms with E-state index in [1.54, 1.807) is 0 Å². The third kappa shape index (κ3) is 4.47. The molecule has 278 valence electrons. The van der Waals surface area contributed by atoms with Crippen LogP contribution in [0.3, 0.4) is 0 Å². The molecule has 4 aliphatic carbocycles. The van der Waals surface area contributed by atoms with Crippen LogP contribution < -0.4 is 0 Å². The molecule has 0 unspecified atom stereocenters. The number of rotatable bonds is 3. The Labute approximate surface area is 342 Å². The molecule has 0 fully saturated rings. The third-order valence-corrected chi connectivity index (χ3v) is 14.7. The number of hydrogen-bond acceptors (Lipinski definition) is 0. The minimum absolute atomic E-state index is 0.0262. The highest BCUT2D eigenvalue weighted by molar-refractivity contribution is 5.94. The van der Waals surface area contributed by atoms with E-state index in [1.807, 2.05) is 0 Å². The largest absolute Gasteiger partial charge is 0.0619 e. The molecular weight excluding hydrogens is 697 g/mol. The minimum Gasteiger partial charge on any atom is -0.0619 e. The van der Waals surface area contributed by atoms with E-state index in [9.17, 15) is 0 Å². The second-order valence-electron chi connectivity index (χ2n) is 18.9. The Hall–Kier alpha value is -6.24. The van der Waals surface area contributed by atoms with E-state index in [2.05, 4.69) is 199 Å². The molecule has 0 spiro atoms. The fraction of sp³-hybridized carbons (Fsp3) is 0.172. The molecule has 0 nitrogen and oxygen atoms in total. The summed E-state index contributed by atoms with van der Waals surface area (Å²) in [5.74, 6) is 0. The highest BCUT2D eigenvalue weighted by atomic mass is 14.4. The Kier molecular flexibility index (Phi) is 6.69. The zero-order chi connectivity index (χ0) is 39.3. The van der Waals surface area contributed by atoms with E-state index in [0.29, 0.717) is 0 Å². The maximum Gasteiger partial charge on any atom is 0.0159 e. The molecule has 0 saturated heterocycles. The van der Waals surface area contributed by atoms with Gasteiger partial charge in [0.1, 0.15) is 0 Å². The Morgan fingerprint density at radius 1 is 0.276 bits per heavy atom. The lowest BCUT2D eigenvalue weighted by atomic mass is 9.80. The highest BCUT2D eigenvalue weighted by Crippen LogP contribution is 2.54. The van der Waals surface area contributed by atoms with E-state index in [4.69, 9.17) is 0 Å². The zero-order valence-electron chi connectivity index (χ0n) is 34.2. The molecule has 0 aliphatic heterocycles. The van der Waals surface area contributed by atoms with Gasteiger partial charge in [0.15, 0.2) is 0 Å². The van der Waals surface area contributed by atoms with Crippen LogP contribution in [-0.2, 0) is 22.7 Å². The van der Waals surface area contributed by atoms with Crippen LogP contribution in [0.2, 0.25) is 0 Å². The summed E-state index contributed by atoms with van der Waals surface area (Å²) in [4.78, 5) is 0. The normalized spacial score (nSPS) is 16.1. The van der Waals surface area contributed by atoms with Crippen molar-refractivity contribution in [2.24, 2.45) is 0 Å². The lowest BCUT2D eigenvalue weighted by molar-refractivity contribution is 0.660. The van der Waals surface area contributed by atoms with Gasteiger partial charge in [0.05, 0.1) is 0 Å². The molecule has 12 rings (SSSR count). The van der Waals surface area contributed by atoms with Crippen molar-refractivity contribution in [3.8, 4) is 77.9 Å². The number of hydrogen-bond donors (Lipinski definition) is 0. The lowest BCUT2D eigenvalue weighted by Crippen LogP contribution is -2.15. The minimum atomic E-state index is -0.0625. The molecule has 0 amide bonds. The second kappa shape index (κ2) is 11.5. The summed E-state index contributed by atoms with van der Waals surface area (Å²) in [5, 5.41) is 0. The lowest BCUT2D eigenvalue weighted by Gasteiger charge is -2.23. The van der Waals surface area contributed by atoms with Gasteiger partial charge >= 0.3 is 0 Å². The van der Waals surface area contributed by atoms with Crippen LogP contribution >= 0.6 is 0 Å². The Balaban J connectivity index is 1.01. The molecule has 0 radical (unpaired) electrons. The molecule has 8 aromatic rings. The summed E-state index contributed by atoms with van der Waals surface area (Å²) in [5.41, 5.74) is 29.9. The summed E-state index contributed by atoms with van der Waals surface area (Å²) in [7, 11) is 0. The van der Waals surface area contributed by atoms with Crippen LogP contribution in [-0.4, -0.2) is 0 Å². The third-order valence-electron chi connectivity index (χ3n) is 14.7. The molecule has 0 atom stereocenters. The van der Waals surface area contributed by atoms with Crippen LogP contribution in [0.25, 0.3) is 77.9 Å². The Morgan fingerprint density at radius 3 is 1.14 bits per heavy atom. The van der Waals surface area contributed by atoms with Gasteiger partial charge in [-0.1, -0.05) is 169 Å². The first-order chi connectivity index (χ1) is 28.0. The van der Waals surface area contributed by atoms with E-state index in [-0.39, 0.29) is 16.2 Å². The first-order valence-electron chi connectivity index (χ1n) is 21.0. The summed E-state index contributed by atoms with van der Waals surface area (Å²) >= 11 is 0. The van der Waals surface area contributed by atoms with Gasteiger partial charge in [-0.25, -0.2) is 0 Å². The van der Waals surface area contributed by atoms with Crippen molar-refractivity contribution in [1.29, 1.82) is 0 Å². The average molecular weight is 743 g/mol. The van der Waals surface area contributed by atoms with Crippen LogP contribution in [0.5, 0.6) is 0 Å². The van der Waals surface area contributed by atoms with E-state index in [0.717, 1.165) is 6.42 Å². The van der Waals surface area contributed by atoms with Gasteiger partial charge in [0.25, 0.3) is 0 Å². The fourth-order valence-electron chi connectivity index (χ4n) is 11.5. The molecule has 0 heteroatoms. The van der Waals surface area contributed by atoms with Crippen LogP contribution in [0.4, 0.5) is 0 Å². The van der Waals surface area contributed by atoms with Gasteiger partial charge in [-0.05, 0) is 159 Å². The second-order valence-corrected chi connectivity index (χ2v) is 18.9. The topological polar surface area (TPSA) is 0 Å². The number of fused-ring (bicyclic) bond motifs is 12. The van der Waals surface area contributed by atoms with Crippen molar-refractivity contribution in [3.05, 3.63) is 202 Å². The Morgan fingerprint density at radius 2 is 0.638 bits per heavy atom. The fourth-order valence-corrected chi connectivity index (χ4v) is 11.5. The van der Waals surface area contributed by atoms with Gasteiger partial charge < -0.3 is 0 Å². The maximum absolute atomic E-state index is 2.51. The Bertz CT molecular complexity index is 3110. The number of benzene rings is 8. The summed E-state index contributed by atoms with van der Waals surface area (Å²) < 4.78 is 0. The van der Waals surface area contributed by atoms with E-state index in [1.165, 1.54) is 122 Å². The molecule has 58 heavy (non-hydrogen) atoms. The molecule has 0 bridgehead atoms. The molecule has 4 aliphatic rings. The zero-order valence-corrected chi connectivity index (χ0v) is 34.2. The molecule has 0 heterocycles. The highest BCUT2D eigenvalue weighted by Gasteiger charge is 2.38. The first-order valence-corrected chi connectivity index (χ1v) is 21.0. The predicted octanol–water partition coefficient (Wildman–Crippen LogP) is 15.2. The van der Waals surface area contributed by atoms with Gasteiger partial charge in [0, 0.05) is 16.2 Å². The van der Waals surface area contributed by atoms with E-state index >= 15 is 0 Å². The standard InChI is InChI=1S/C58H46/c1-56(2)50-16-10-7-13-41(50)44-24-20-35(31-53(44)56)34-19-23-40-39(27-34)30-49-47(37-22-26-46-43-15-9-12-18-52(43)58(5,6)55(46)33-37)28-38(29-48(40)49)36-21-25-45-42-14-8-11-17-51(42)57(3,4)54(45)32-36/h7-29,31-33H,30H2,1-6H3. The molecule has 0 saturated carbocycles.